The molecular weight excluding hydrogens is 773 g/mol. The molecule has 0 aliphatic carbocycles. The van der Waals surface area contributed by atoms with E-state index in [0.29, 0.717) is 31.9 Å². The first-order valence-corrected chi connectivity index (χ1v) is 22.0. The van der Waals surface area contributed by atoms with Gasteiger partial charge in [-0.3, -0.25) is 9.59 Å². The van der Waals surface area contributed by atoms with Crippen molar-refractivity contribution in [3.63, 3.8) is 0 Å². The number of hydrogen-bond acceptors (Lipinski definition) is 15. The first-order valence-electron chi connectivity index (χ1n) is 22.0. The Morgan fingerprint density at radius 3 is 2.20 bits per heavy atom. The number of cyclic esters (lactones) is 1. The maximum Gasteiger partial charge on any atom is 0.316 e. The maximum atomic E-state index is 14.2. The normalized spacial score (nSPS) is 35.6. The molecule has 0 bridgehead atoms. The van der Waals surface area contributed by atoms with Gasteiger partial charge in [0.25, 0.3) is 0 Å². The summed E-state index contributed by atoms with van der Waals surface area (Å²) in [5, 5.41) is 46.4. The molecule has 15 heteroatoms. The topological polar surface area (TPSA) is 190 Å². The minimum atomic E-state index is -1.91. The van der Waals surface area contributed by atoms with Crippen LogP contribution in [-0.4, -0.2) is 152 Å². The van der Waals surface area contributed by atoms with Gasteiger partial charge in [-0.2, -0.15) is 0 Å². The van der Waals surface area contributed by atoms with Crippen LogP contribution >= 0.6 is 0 Å². The van der Waals surface area contributed by atoms with Crippen LogP contribution in [-0.2, 0) is 44.7 Å². The van der Waals surface area contributed by atoms with Crippen LogP contribution in [0.5, 0.6) is 0 Å². The third-order valence-corrected chi connectivity index (χ3v) is 12.3. The first-order chi connectivity index (χ1) is 28.4. The van der Waals surface area contributed by atoms with Crippen LogP contribution in [0.25, 0.3) is 0 Å². The summed E-state index contributed by atoms with van der Waals surface area (Å²) in [5.41, 5.74) is -1.42. The average molecular weight is 851 g/mol. The average Bonchev–Trinajstić information content (AvgIpc) is 3.22. The van der Waals surface area contributed by atoms with E-state index < -0.39 is 77.3 Å². The van der Waals surface area contributed by atoms with Crippen molar-refractivity contribution < 1.29 is 53.4 Å². The van der Waals surface area contributed by atoms with Crippen molar-refractivity contribution in [1.29, 1.82) is 0 Å². The molecule has 2 saturated heterocycles. The van der Waals surface area contributed by atoms with Crippen LogP contribution in [0.15, 0.2) is 35.5 Å². The lowest BCUT2D eigenvalue weighted by molar-refractivity contribution is -0.295. The van der Waals surface area contributed by atoms with Crippen molar-refractivity contribution in [2.24, 2.45) is 28.8 Å². The second-order valence-electron chi connectivity index (χ2n) is 17.5. The number of aliphatic hydroxyl groups excluding tert-OH is 2. The Kier molecular flexibility index (Phi) is 21.5. The fourth-order valence-corrected chi connectivity index (χ4v) is 8.51. The molecule has 344 valence electrons. The third-order valence-electron chi connectivity index (χ3n) is 12.3. The number of rotatable bonds is 19. The monoisotopic (exact) mass is 851 g/mol. The highest BCUT2D eigenvalue weighted by Gasteiger charge is 2.51. The van der Waals surface area contributed by atoms with E-state index >= 15 is 0 Å². The third kappa shape index (κ3) is 14.5. The van der Waals surface area contributed by atoms with Gasteiger partial charge in [-0.15, -0.1) is 0 Å². The fraction of sp³-hybridized carbons (Fsp3) is 0.800. The first kappa shape index (κ1) is 51.8. The molecule has 0 amide bonds. The summed E-state index contributed by atoms with van der Waals surface area (Å²) in [6.45, 7) is 18.2. The Hall–Kier alpha value is -2.57. The van der Waals surface area contributed by atoms with Crippen LogP contribution in [0.1, 0.15) is 93.1 Å². The minimum absolute atomic E-state index is 0.176. The van der Waals surface area contributed by atoms with Crippen molar-refractivity contribution in [2.75, 3.05) is 60.7 Å². The van der Waals surface area contributed by atoms with Crippen LogP contribution < -0.4 is 10.6 Å². The number of nitrogens with zero attached hydrogens (tertiary/aromatic N) is 2. The number of esters is 1. The zero-order valence-electron chi connectivity index (χ0n) is 38.2. The smallest absolute Gasteiger partial charge is 0.316 e. The van der Waals surface area contributed by atoms with Gasteiger partial charge in [0.15, 0.2) is 12.1 Å². The van der Waals surface area contributed by atoms with Crippen LogP contribution in [0.4, 0.5) is 0 Å². The van der Waals surface area contributed by atoms with Gasteiger partial charge in [0, 0.05) is 57.2 Å². The molecule has 2 aliphatic rings. The second kappa shape index (κ2) is 24.9. The highest BCUT2D eigenvalue weighted by atomic mass is 16.7. The molecule has 3 rings (SSSR count). The van der Waals surface area contributed by atoms with Gasteiger partial charge in [-0.25, -0.2) is 0 Å². The van der Waals surface area contributed by atoms with E-state index in [1.807, 2.05) is 58.0 Å². The van der Waals surface area contributed by atoms with Crippen LogP contribution in [0.3, 0.4) is 0 Å². The summed E-state index contributed by atoms with van der Waals surface area (Å²) in [6, 6.07) is 10.0. The van der Waals surface area contributed by atoms with Gasteiger partial charge < -0.3 is 59.4 Å². The number of benzene rings is 1. The van der Waals surface area contributed by atoms with Crippen LogP contribution in [0, 0.1) is 23.7 Å². The molecule has 0 unspecified atom stereocenters. The van der Waals surface area contributed by atoms with E-state index in [1.165, 1.54) is 26.5 Å². The maximum absolute atomic E-state index is 14.2. The Morgan fingerprint density at radius 2 is 1.58 bits per heavy atom. The summed E-state index contributed by atoms with van der Waals surface area (Å²) in [5.74, 6) is -4.69. The Balaban J connectivity index is 1.75. The van der Waals surface area contributed by atoms with Gasteiger partial charge in [0.05, 0.1) is 29.6 Å². The lowest BCUT2D eigenvalue weighted by Crippen LogP contribution is -2.60. The Bertz CT molecular complexity index is 1450. The van der Waals surface area contributed by atoms with Gasteiger partial charge in [0.2, 0.25) is 0 Å². The number of likely N-dealkylation sites (N-methyl/N-ethyl adjacent to an activating group) is 1. The van der Waals surface area contributed by atoms with Gasteiger partial charge >= 0.3 is 5.97 Å². The summed E-state index contributed by atoms with van der Waals surface area (Å²) in [7, 11) is 5.28. The van der Waals surface area contributed by atoms with Gasteiger partial charge in [-0.1, -0.05) is 63.2 Å². The van der Waals surface area contributed by atoms with Crippen LogP contribution in [0.2, 0.25) is 0 Å². The van der Waals surface area contributed by atoms with Crippen molar-refractivity contribution in [3.05, 3.63) is 35.9 Å². The standard InChI is InChI=1S/C45H78N4O11/c1-12-36-45(8,54)40(52)31(4)37(48-57-25-22-46-20-16-23-56-24-17-21-47-28-34-18-14-13-15-19-34)29(2)27-44(7,55-11)41(32(5)38(50)33(6)42(53)59-36)60-43-39(51)35(49(9)10)26-30(3)58-43/h13-15,18-19,29-33,35-36,39-41,43,46-47,51-52,54H,12,16-17,20-28H2,1-11H3/b48-37+/t29-,30-,31+,32+,33-,35+,36-,39-,40-,41-,43+,44+,45-/m1/s1. The number of oxime groups is 1. The highest BCUT2D eigenvalue weighted by molar-refractivity contribution is 6.00. The number of ketones is 1. The summed E-state index contributed by atoms with van der Waals surface area (Å²) < 4.78 is 30.6. The second-order valence-corrected chi connectivity index (χ2v) is 17.5. The Labute approximate surface area is 359 Å². The van der Waals surface area contributed by atoms with Crippen molar-refractivity contribution in [3.8, 4) is 0 Å². The van der Waals surface area contributed by atoms with Crippen molar-refractivity contribution in [2.45, 2.75) is 148 Å². The molecule has 1 aromatic carbocycles. The highest BCUT2D eigenvalue weighted by Crippen LogP contribution is 2.38. The Morgan fingerprint density at radius 1 is 0.933 bits per heavy atom. The fourth-order valence-electron chi connectivity index (χ4n) is 8.51. The lowest BCUT2D eigenvalue weighted by Gasteiger charge is -2.47. The predicted octanol–water partition coefficient (Wildman–Crippen LogP) is 3.70. The molecule has 13 atom stereocenters. The minimum Gasteiger partial charge on any atom is -0.459 e. The molecule has 0 radical (unpaired) electrons. The zero-order chi connectivity index (χ0) is 44.6. The molecule has 15 nitrogen and oxygen atoms in total. The largest absolute Gasteiger partial charge is 0.459 e. The molecule has 5 N–H and O–H groups in total. The molecule has 2 aliphatic heterocycles. The molecule has 0 saturated carbocycles. The number of carbonyl (C=O) groups is 2. The van der Waals surface area contributed by atoms with E-state index in [4.69, 9.17) is 28.5 Å². The molecule has 2 heterocycles. The number of methoxy groups -OCH3 is 1. The number of nitrogens with one attached hydrogen (secondary N) is 2. The SMILES string of the molecule is CC[C@H]1OC(=O)[C@H](C)C(=O)[C@H](C)[C@@H](O[C@@H]2O[C@H](C)C[C@H](N(C)C)[C@H]2O)[C@@](C)(OC)C[C@@H](C)/C(=N\OCCNCCCOCCCNCc2ccccc2)[C@H](C)[C@@H](O)[C@]1(C)O. The van der Waals surface area contributed by atoms with Gasteiger partial charge in [-0.05, 0) is 92.5 Å². The molecule has 0 spiro atoms. The summed E-state index contributed by atoms with van der Waals surface area (Å²) in [6.07, 6.45) is -3.24. The number of Topliss-reactive ketones (excluding diaryl/α,β-unsaturated/α-hetero) is 1. The quantitative estimate of drug-likeness (QED) is 0.0587. The molecule has 0 aromatic heterocycles. The van der Waals surface area contributed by atoms with Crippen molar-refractivity contribution in [1.82, 2.24) is 15.5 Å². The van der Waals surface area contributed by atoms with E-state index in [2.05, 4.69) is 27.9 Å². The predicted molar refractivity (Wildman–Crippen MR) is 230 cm³/mol. The van der Waals surface area contributed by atoms with Gasteiger partial charge in [0.1, 0.15) is 30.3 Å². The molecule has 1 aromatic rings. The van der Waals surface area contributed by atoms with E-state index in [9.17, 15) is 24.9 Å². The van der Waals surface area contributed by atoms with E-state index in [-0.39, 0.29) is 31.6 Å². The van der Waals surface area contributed by atoms with Crippen molar-refractivity contribution >= 4 is 17.5 Å². The number of hydrogen-bond donors (Lipinski definition) is 5. The summed E-state index contributed by atoms with van der Waals surface area (Å²) in [4.78, 5) is 35.6. The lowest BCUT2D eigenvalue weighted by atomic mass is 9.74. The summed E-state index contributed by atoms with van der Waals surface area (Å²) >= 11 is 0. The molecular formula is C45H78N4O11. The molecule has 60 heavy (non-hydrogen) atoms. The molecule has 2 fully saturated rings. The van der Waals surface area contributed by atoms with E-state index in [1.54, 1.807) is 20.8 Å². The number of carbonyl (C=O) groups excluding carboxylic acids is 2. The van der Waals surface area contributed by atoms with E-state index in [0.717, 1.165) is 32.5 Å². The number of aliphatic hydroxyl groups is 3. The number of ether oxygens (including phenoxy) is 5. The zero-order valence-corrected chi connectivity index (χ0v) is 38.2.